The van der Waals surface area contributed by atoms with Crippen molar-refractivity contribution in [3.63, 3.8) is 0 Å². The molecule has 0 aliphatic carbocycles. The van der Waals surface area contributed by atoms with Crippen molar-refractivity contribution in [2.24, 2.45) is 5.92 Å². The second-order valence-electron chi connectivity index (χ2n) is 3.00. The monoisotopic (exact) mass is 208 g/mol. The highest BCUT2D eigenvalue weighted by molar-refractivity contribution is 4.72. The summed E-state index contributed by atoms with van der Waals surface area (Å²) in [5.41, 5.74) is -2.45. The summed E-state index contributed by atoms with van der Waals surface area (Å²) in [6, 6.07) is 0. The lowest BCUT2D eigenvalue weighted by atomic mass is 9.93. The number of aliphatic hydroxyl groups excluding tert-OH is 2. The van der Waals surface area contributed by atoms with E-state index < -0.39 is 34.6 Å². The Kier molecular flexibility index (Phi) is 4.38. The molecule has 0 rings (SSSR count). The Morgan fingerprint density at radius 2 is 1.71 bits per heavy atom. The van der Waals surface area contributed by atoms with Crippen LogP contribution in [0.5, 0.6) is 0 Å². The van der Waals surface area contributed by atoms with Gasteiger partial charge in [0.05, 0.1) is 23.4 Å². The SMILES string of the molecule is CC(C(CO)CCO)([N+](=O)[O-])[N+](=O)[O-]. The number of aliphatic hydroxyl groups is 2. The molecule has 2 N–H and O–H groups in total. The first-order chi connectivity index (χ1) is 6.41. The Balaban J connectivity index is 4.96. The van der Waals surface area contributed by atoms with Gasteiger partial charge in [0.25, 0.3) is 0 Å². The lowest BCUT2D eigenvalue weighted by Crippen LogP contribution is -2.51. The van der Waals surface area contributed by atoms with E-state index in [2.05, 4.69) is 0 Å². The largest absolute Gasteiger partial charge is 0.460 e. The molecule has 0 fully saturated rings. The Hall–Kier alpha value is -1.28. The number of hydrogen-bond acceptors (Lipinski definition) is 6. The first kappa shape index (κ1) is 12.7. The van der Waals surface area contributed by atoms with E-state index >= 15 is 0 Å². The summed E-state index contributed by atoms with van der Waals surface area (Å²) in [5.74, 6) is -1.20. The molecular weight excluding hydrogens is 196 g/mol. The minimum absolute atomic E-state index is 0.186. The van der Waals surface area contributed by atoms with Gasteiger partial charge < -0.3 is 10.2 Å². The molecule has 0 aliphatic rings. The fourth-order valence-electron chi connectivity index (χ4n) is 1.06. The number of rotatable bonds is 6. The predicted octanol–water partition coefficient (Wildman–Crippen LogP) is -0.753. The maximum atomic E-state index is 10.5. The van der Waals surface area contributed by atoms with Crippen LogP contribution in [0.3, 0.4) is 0 Å². The molecule has 0 amide bonds. The van der Waals surface area contributed by atoms with Crippen molar-refractivity contribution in [3.8, 4) is 0 Å². The average Bonchev–Trinajstić information content (AvgIpc) is 2.12. The second-order valence-corrected chi connectivity index (χ2v) is 3.00. The van der Waals surface area contributed by atoms with Crippen molar-refractivity contribution in [2.45, 2.75) is 19.0 Å². The van der Waals surface area contributed by atoms with Gasteiger partial charge in [0.1, 0.15) is 5.92 Å². The summed E-state index contributed by atoms with van der Waals surface area (Å²) in [4.78, 5) is 18.9. The smallest absolute Gasteiger partial charge is 0.396 e. The lowest BCUT2D eigenvalue weighted by molar-refractivity contribution is -0.802. The minimum Gasteiger partial charge on any atom is -0.396 e. The van der Waals surface area contributed by atoms with E-state index in [4.69, 9.17) is 10.2 Å². The summed E-state index contributed by atoms with van der Waals surface area (Å²) < 4.78 is 0. The van der Waals surface area contributed by atoms with E-state index in [9.17, 15) is 20.2 Å². The Morgan fingerprint density at radius 1 is 1.29 bits per heavy atom. The van der Waals surface area contributed by atoms with Gasteiger partial charge in [-0.05, 0) is 6.42 Å². The van der Waals surface area contributed by atoms with Crippen LogP contribution in [0.4, 0.5) is 0 Å². The van der Waals surface area contributed by atoms with Gasteiger partial charge >= 0.3 is 5.66 Å². The van der Waals surface area contributed by atoms with Crippen molar-refractivity contribution in [1.82, 2.24) is 0 Å². The average molecular weight is 208 g/mol. The zero-order chi connectivity index (χ0) is 11.4. The van der Waals surface area contributed by atoms with Crippen LogP contribution in [0.1, 0.15) is 13.3 Å². The van der Waals surface area contributed by atoms with Crippen LogP contribution in [0, 0.1) is 26.1 Å². The highest BCUT2D eigenvalue weighted by Gasteiger charge is 2.57. The molecule has 1 unspecified atom stereocenters. The Bertz CT molecular complexity index is 216. The summed E-state index contributed by atoms with van der Waals surface area (Å²) in [5, 5.41) is 38.3. The van der Waals surface area contributed by atoms with Crippen molar-refractivity contribution in [2.75, 3.05) is 13.2 Å². The van der Waals surface area contributed by atoms with Gasteiger partial charge in [-0.1, -0.05) is 0 Å². The molecule has 82 valence electrons. The maximum absolute atomic E-state index is 10.5. The van der Waals surface area contributed by atoms with Crippen LogP contribution < -0.4 is 0 Å². The molecule has 0 bridgehead atoms. The molecule has 0 spiro atoms. The molecule has 0 aliphatic heterocycles. The third-order valence-electron chi connectivity index (χ3n) is 2.21. The highest BCUT2D eigenvalue weighted by Crippen LogP contribution is 2.24. The van der Waals surface area contributed by atoms with Gasteiger partial charge in [-0.3, -0.25) is 20.2 Å². The Labute approximate surface area is 79.5 Å². The fraction of sp³-hybridized carbons (Fsp3) is 1.00. The molecule has 0 aromatic carbocycles. The van der Waals surface area contributed by atoms with Crippen LogP contribution in [-0.4, -0.2) is 38.9 Å². The van der Waals surface area contributed by atoms with Crippen LogP contribution in [0.15, 0.2) is 0 Å². The first-order valence-corrected chi connectivity index (χ1v) is 3.92. The van der Waals surface area contributed by atoms with Crippen LogP contribution in [0.25, 0.3) is 0 Å². The quantitative estimate of drug-likeness (QED) is 0.335. The molecule has 0 saturated carbocycles. The van der Waals surface area contributed by atoms with Crippen LogP contribution >= 0.6 is 0 Å². The minimum atomic E-state index is -2.45. The molecule has 0 heterocycles. The van der Waals surface area contributed by atoms with Crippen molar-refractivity contribution >= 4 is 0 Å². The summed E-state index contributed by atoms with van der Waals surface area (Å²) in [6.07, 6.45) is -0.186. The van der Waals surface area contributed by atoms with Crippen molar-refractivity contribution in [3.05, 3.63) is 20.2 Å². The molecule has 0 saturated heterocycles. The standard InChI is InChI=1S/C6H12N2O6/c1-6(7(11)12,8(13)14)5(4-10)2-3-9/h5,9-10H,2-4H2,1H3. The molecular formula is C6H12N2O6. The highest BCUT2D eigenvalue weighted by atomic mass is 16.7. The molecule has 0 aromatic rings. The topological polar surface area (TPSA) is 127 Å². The second kappa shape index (κ2) is 4.82. The van der Waals surface area contributed by atoms with Crippen molar-refractivity contribution < 1.29 is 20.1 Å². The molecule has 8 nitrogen and oxygen atoms in total. The third-order valence-corrected chi connectivity index (χ3v) is 2.21. The lowest BCUT2D eigenvalue weighted by Gasteiger charge is -2.20. The van der Waals surface area contributed by atoms with E-state index in [0.29, 0.717) is 0 Å². The van der Waals surface area contributed by atoms with Crippen LogP contribution in [0.2, 0.25) is 0 Å². The van der Waals surface area contributed by atoms with Crippen molar-refractivity contribution in [1.29, 1.82) is 0 Å². The molecule has 0 radical (unpaired) electrons. The van der Waals surface area contributed by atoms with E-state index in [-0.39, 0.29) is 6.42 Å². The molecule has 8 heteroatoms. The molecule has 1 atom stereocenters. The van der Waals surface area contributed by atoms with E-state index in [1.54, 1.807) is 0 Å². The van der Waals surface area contributed by atoms with Gasteiger partial charge in [0.2, 0.25) is 0 Å². The Morgan fingerprint density at radius 3 is 1.93 bits per heavy atom. The summed E-state index contributed by atoms with van der Waals surface area (Å²) in [7, 11) is 0. The maximum Gasteiger partial charge on any atom is 0.460 e. The van der Waals surface area contributed by atoms with E-state index in [1.165, 1.54) is 0 Å². The zero-order valence-electron chi connectivity index (χ0n) is 7.62. The van der Waals surface area contributed by atoms with Gasteiger partial charge in [-0.15, -0.1) is 0 Å². The van der Waals surface area contributed by atoms with Gasteiger partial charge in [0.15, 0.2) is 0 Å². The number of hydrogen-bond donors (Lipinski definition) is 2. The zero-order valence-corrected chi connectivity index (χ0v) is 7.62. The third kappa shape index (κ3) is 2.15. The first-order valence-electron chi connectivity index (χ1n) is 3.92. The normalized spacial score (nSPS) is 13.6. The van der Waals surface area contributed by atoms with Gasteiger partial charge in [0, 0.05) is 6.61 Å². The van der Waals surface area contributed by atoms with E-state index in [0.717, 1.165) is 6.92 Å². The number of nitrogens with zero attached hydrogens (tertiary/aromatic N) is 2. The molecule has 14 heavy (non-hydrogen) atoms. The van der Waals surface area contributed by atoms with Gasteiger partial charge in [-0.25, -0.2) is 0 Å². The molecule has 0 aromatic heterocycles. The fourth-order valence-corrected chi connectivity index (χ4v) is 1.06. The summed E-state index contributed by atoms with van der Waals surface area (Å²) >= 11 is 0. The summed E-state index contributed by atoms with van der Waals surface area (Å²) in [6.45, 7) is -0.328. The van der Waals surface area contributed by atoms with E-state index in [1.807, 2.05) is 0 Å². The van der Waals surface area contributed by atoms with Gasteiger partial charge in [-0.2, -0.15) is 0 Å². The number of nitro groups is 2. The predicted molar refractivity (Wildman–Crippen MR) is 44.7 cm³/mol. The van der Waals surface area contributed by atoms with Crippen LogP contribution in [-0.2, 0) is 0 Å².